The average Bonchev–Trinajstić information content (AvgIpc) is 2.68. The Morgan fingerprint density at radius 2 is 1.73 bits per heavy atom. The molecule has 147 valence electrons. The molecule has 1 aromatic rings. The molecule has 1 aliphatic heterocycles. The number of hydrogen-bond donors (Lipinski definition) is 0. The standard InChI is InChI=1S/C9H11N3O.3C4H9.Sn/c1-8-6-13-5-4-12(8)9-2-3-10-7-11-9;3*1-3-4-2;/h2,8H,4-6H2,1H3;3*1,3-4H2,2H3;. The summed E-state index contributed by atoms with van der Waals surface area (Å²) in [5, 5.41) is 0. The van der Waals surface area contributed by atoms with Crippen molar-refractivity contribution in [2.45, 2.75) is 85.6 Å². The van der Waals surface area contributed by atoms with Gasteiger partial charge in [0, 0.05) is 0 Å². The molecule has 1 atom stereocenters. The number of hydrogen-bond acceptors (Lipinski definition) is 4. The fraction of sp³-hybridized carbons (Fsp3) is 0.810. The molecule has 0 aromatic carbocycles. The van der Waals surface area contributed by atoms with Crippen LogP contribution < -0.4 is 8.74 Å². The third-order valence-corrected chi connectivity index (χ3v) is 20.3. The van der Waals surface area contributed by atoms with E-state index in [1.54, 1.807) is 0 Å². The summed E-state index contributed by atoms with van der Waals surface area (Å²) in [5.41, 5.74) is 0. The second-order valence-corrected chi connectivity index (χ2v) is 20.8. The first-order valence-corrected chi connectivity index (χ1v) is 18.2. The van der Waals surface area contributed by atoms with Gasteiger partial charge in [0.25, 0.3) is 0 Å². The Labute approximate surface area is 165 Å². The van der Waals surface area contributed by atoms with Gasteiger partial charge in [-0.1, -0.05) is 0 Å². The van der Waals surface area contributed by atoms with Gasteiger partial charge < -0.3 is 0 Å². The first kappa shape index (κ1) is 21.9. The molecule has 1 unspecified atom stereocenters. The van der Waals surface area contributed by atoms with Crippen LogP contribution >= 0.6 is 0 Å². The zero-order chi connectivity index (χ0) is 18.8. The van der Waals surface area contributed by atoms with Gasteiger partial charge in [-0.25, -0.2) is 0 Å². The van der Waals surface area contributed by atoms with Crippen molar-refractivity contribution >= 4 is 28.0 Å². The first-order chi connectivity index (χ1) is 12.7. The molecule has 1 aliphatic rings. The van der Waals surface area contributed by atoms with E-state index in [2.05, 4.69) is 38.8 Å². The van der Waals surface area contributed by atoms with Crippen LogP contribution in [-0.2, 0) is 4.74 Å². The summed E-state index contributed by atoms with van der Waals surface area (Å²) >= 11 is -2.57. The second-order valence-electron chi connectivity index (χ2n) is 7.89. The van der Waals surface area contributed by atoms with Crippen LogP contribution in [0, 0.1) is 6.20 Å². The summed E-state index contributed by atoms with van der Waals surface area (Å²) in [5.74, 6) is 1.08. The molecule has 0 bridgehead atoms. The van der Waals surface area contributed by atoms with Crippen LogP contribution in [0.4, 0.5) is 5.82 Å². The molecule has 2 rings (SSSR count). The van der Waals surface area contributed by atoms with Crippen molar-refractivity contribution in [3.63, 3.8) is 0 Å². The van der Waals surface area contributed by atoms with E-state index in [0.29, 0.717) is 6.04 Å². The number of anilines is 1. The van der Waals surface area contributed by atoms with Gasteiger partial charge in [-0.05, 0) is 0 Å². The molecule has 1 aromatic heterocycles. The maximum absolute atomic E-state index is 5.61. The van der Waals surface area contributed by atoms with Crippen LogP contribution in [0.25, 0.3) is 0 Å². The maximum atomic E-state index is 5.61. The van der Waals surface area contributed by atoms with Crippen molar-refractivity contribution in [2.24, 2.45) is 0 Å². The molecule has 5 heteroatoms. The van der Waals surface area contributed by atoms with Gasteiger partial charge in [-0.15, -0.1) is 0 Å². The predicted octanol–water partition coefficient (Wildman–Crippen LogP) is 4.56. The Morgan fingerprint density at radius 3 is 2.27 bits per heavy atom. The summed E-state index contributed by atoms with van der Waals surface area (Å²) in [6.07, 6.45) is 11.1. The van der Waals surface area contributed by atoms with E-state index in [0.717, 1.165) is 25.6 Å². The van der Waals surface area contributed by atoms with Crippen molar-refractivity contribution in [1.29, 1.82) is 0 Å². The fourth-order valence-corrected chi connectivity index (χ4v) is 18.8. The SMILES string of the molecule is CCC[CH2][Sn]([CH2]CCC)([CH2]CCC)[c]1n[c]cc(N2CCOCC2C)n1. The predicted molar refractivity (Wildman–Crippen MR) is 113 cm³/mol. The van der Waals surface area contributed by atoms with Crippen LogP contribution in [0.2, 0.25) is 13.3 Å². The Balaban J connectivity index is 2.33. The van der Waals surface area contributed by atoms with Crippen molar-refractivity contribution in [2.75, 3.05) is 24.7 Å². The van der Waals surface area contributed by atoms with Crippen molar-refractivity contribution in [1.82, 2.24) is 9.97 Å². The van der Waals surface area contributed by atoms with E-state index < -0.39 is 18.4 Å². The Bertz CT molecular complexity index is 504. The topological polar surface area (TPSA) is 38.2 Å². The quantitative estimate of drug-likeness (QED) is 0.448. The first-order valence-electron chi connectivity index (χ1n) is 10.8. The molecule has 0 amide bonds. The monoisotopic (exact) mass is 468 g/mol. The minimum absolute atomic E-state index is 0.381. The number of aromatic nitrogens is 2. The number of ether oxygens (including phenoxy) is 1. The minimum atomic E-state index is -2.57. The van der Waals surface area contributed by atoms with Crippen LogP contribution in [-0.4, -0.2) is 54.1 Å². The molecule has 0 aliphatic carbocycles. The summed E-state index contributed by atoms with van der Waals surface area (Å²) < 4.78 is 11.1. The van der Waals surface area contributed by atoms with E-state index >= 15 is 0 Å². The number of morpholine rings is 1. The Hall–Kier alpha value is -0.361. The van der Waals surface area contributed by atoms with Gasteiger partial charge in [0.05, 0.1) is 0 Å². The van der Waals surface area contributed by atoms with Crippen molar-refractivity contribution in [3.8, 4) is 0 Å². The van der Waals surface area contributed by atoms with Crippen LogP contribution in [0.3, 0.4) is 0 Å². The molecule has 0 saturated carbocycles. The number of rotatable bonds is 11. The summed E-state index contributed by atoms with van der Waals surface area (Å²) in [6.45, 7) is 11.7. The number of unbranched alkanes of at least 4 members (excludes halogenated alkanes) is 3. The zero-order valence-electron chi connectivity index (χ0n) is 17.4. The molecule has 1 saturated heterocycles. The third kappa shape index (κ3) is 5.82. The Kier molecular flexibility index (Phi) is 9.68. The van der Waals surface area contributed by atoms with Gasteiger partial charge in [-0.2, -0.15) is 0 Å². The van der Waals surface area contributed by atoms with Gasteiger partial charge in [0.2, 0.25) is 0 Å². The molecule has 2 heterocycles. The zero-order valence-corrected chi connectivity index (χ0v) is 20.2. The third-order valence-electron chi connectivity index (χ3n) is 5.75. The van der Waals surface area contributed by atoms with E-state index in [-0.39, 0.29) is 0 Å². The van der Waals surface area contributed by atoms with E-state index in [1.165, 1.54) is 55.7 Å². The van der Waals surface area contributed by atoms with Gasteiger partial charge >= 0.3 is 165 Å². The molecular formula is C21H38N3OSn. The average molecular weight is 467 g/mol. The van der Waals surface area contributed by atoms with Crippen molar-refractivity contribution < 1.29 is 4.74 Å². The molecule has 0 spiro atoms. The molecule has 1 radical (unpaired) electrons. The Morgan fingerprint density at radius 1 is 1.12 bits per heavy atom. The summed E-state index contributed by atoms with van der Waals surface area (Å²) in [7, 11) is 0. The number of nitrogens with zero attached hydrogens (tertiary/aromatic N) is 3. The normalized spacial score (nSPS) is 18.3. The fourth-order valence-electron chi connectivity index (χ4n) is 4.02. The molecule has 0 N–H and O–H groups in total. The van der Waals surface area contributed by atoms with E-state index in [4.69, 9.17) is 14.7 Å². The van der Waals surface area contributed by atoms with Crippen LogP contribution in [0.15, 0.2) is 6.07 Å². The molecular weight excluding hydrogens is 429 g/mol. The van der Waals surface area contributed by atoms with Gasteiger partial charge in [-0.3, -0.25) is 0 Å². The van der Waals surface area contributed by atoms with Gasteiger partial charge in [0.15, 0.2) is 0 Å². The van der Waals surface area contributed by atoms with Crippen molar-refractivity contribution in [3.05, 3.63) is 12.3 Å². The molecule has 4 nitrogen and oxygen atoms in total. The summed E-state index contributed by atoms with van der Waals surface area (Å²) in [4.78, 5) is 12.4. The van der Waals surface area contributed by atoms with E-state index in [1.807, 2.05) is 6.07 Å². The molecule has 1 fully saturated rings. The van der Waals surface area contributed by atoms with E-state index in [9.17, 15) is 0 Å². The molecule has 26 heavy (non-hydrogen) atoms. The summed E-state index contributed by atoms with van der Waals surface area (Å²) in [6, 6.07) is 2.37. The van der Waals surface area contributed by atoms with Crippen LogP contribution in [0.5, 0.6) is 0 Å². The van der Waals surface area contributed by atoms with Gasteiger partial charge in [0.1, 0.15) is 0 Å². The van der Waals surface area contributed by atoms with Crippen LogP contribution in [0.1, 0.15) is 66.2 Å². The second kappa shape index (κ2) is 11.5.